The summed E-state index contributed by atoms with van der Waals surface area (Å²) < 4.78 is 16.6. The van der Waals surface area contributed by atoms with E-state index >= 15 is 0 Å². The van der Waals surface area contributed by atoms with Crippen LogP contribution in [0.1, 0.15) is 65.1 Å². The van der Waals surface area contributed by atoms with Crippen LogP contribution in [0, 0.1) is 0 Å². The molecule has 0 aliphatic carbocycles. The van der Waals surface area contributed by atoms with Crippen LogP contribution in [0.15, 0.2) is 65.2 Å². The normalized spacial score (nSPS) is 11.0. The van der Waals surface area contributed by atoms with Crippen LogP contribution >= 0.6 is 34.8 Å². The number of carbonyl (C=O) groups is 2. The summed E-state index contributed by atoms with van der Waals surface area (Å²) in [7, 11) is 1.31. The predicted molar refractivity (Wildman–Crippen MR) is 162 cm³/mol. The van der Waals surface area contributed by atoms with Crippen LogP contribution in [0.4, 0.5) is 5.69 Å². The van der Waals surface area contributed by atoms with E-state index < -0.39 is 5.97 Å². The largest absolute Gasteiger partial charge is 0.489 e. The van der Waals surface area contributed by atoms with Gasteiger partial charge in [-0.3, -0.25) is 4.79 Å². The molecule has 7 nitrogen and oxygen atoms in total. The van der Waals surface area contributed by atoms with Crippen LogP contribution in [0.2, 0.25) is 15.1 Å². The number of methoxy groups -OCH3 is 1. The van der Waals surface area contributed by atoms with Crippen molar-refractivity contribution in [3.63, 3.8) is 0 Å². The number of ether oxygens (including phenoxy) is 2. The van der Waals surface area contributed by atoms with Crippen LogP contribution in [0.5, 0.6) is 5.75 Å². The molecule has 0 fully saturated rings. The number of carbonyl (C=O) groups excluding carboxylic acids is 2. The molecule has 0 spiro atoms. The number of amides is 1. The zero-order chi connectivity index (χ0) is 29.7. The molecule has 0 bridgehead atoms. The first kappa shape index (κ1) is 30.4. The van der Waals surface area contributed by atoms with Gasteiger partial charge >= 0.3 is 5.97 Å². The molecule has 0 aliphatic heterocycles. The second kappa shape index (κ2) is 13.4. The zero-order valence-electron chi connectivity index (χ0n) is 23.0. The molecule has 1 heterocycles. The minimum Gasteiger partial charge on any atom is -0.489 e. The molecule has 41 heavy (non-hydrogen) atoms. The summed E-state index contributed by atoms with van der Waals surface area (Å²) in [5.41, 5.74) is 3.00. The van der Waals surface area contributed by atoms with E-state index in [1.165, 1.54) is 7.11 Å². The second-order valence-electron chi connectivity index (χ2n) is 9.55. The maximum atomic E-state index is 13.6. The number of halogens is 3. The van der Waals surface area contributed by atoms with Crippen LogP contribution < -0.4 is 9.64 Å². The molecule has 0 saturated heterocycles. The Morgan fingerprint density at radius 3 is 2.32 bits per heavy atom. The Morgan fingerprint density at radius 2 is 1.68 bits per heavy atom. The molecule has 1 amide bonds. The third kappa shape index (κ3) is 6.70. The van der Waals surface area contributed by atoms with E-state index in [4.69, 9.17) is 48.8 Å². The van der Waals surface area contributed by atoms with Crippen LogP contribution in [0.3, 0.4) is 0 Å². The Kier molecular flexibility index (Phi) is 9.97. The highest BCUT2D eigenvalue weighted by atomic mass is 35.5. The summed E-state index contributed by atoms with van der Waals surface area (Å²) in [6, 6.07) is 16.8. The van der Waals surface area contributed by atoms with Gasteiger partial charge in [0.05, 0.1) is 38.9 Å². The van der Waals surface area contributed by atoms with E-state index in [-0.39, 0.29) is 23.5 Å². The molecule has 0 saturated carbocycles. The minimum absolute atomic E-state index is 0.0296. The van der Waals surface area contributed by atoms with Crippen molar-refractivity contribution in [2.45, 2.75) is 39.7 Å². The molecule has 0 aliphatic rings. The lowest BCUT2D eigenvalue weighted by molar-refractivity contribution is 0.0600. The Hall–Kier alpha value is -3.52. The third-order valence-corrected chi connectivity index (χ3v) is 7.31. The highest BCUT2D eigenvalue weighted by Crippen LogP contribution is 2.39. The van der Waals surface area contributed by atoms with Crippen molar-refractivity contribution in [1.29, 1.82) is 0 Å². The molecular formula is C31H29Cl3N2O5. The topological polar surface area (TPSA) is 81.9 Å². The lowest BCUT2D eigenvalue weighted by Crippen LogP contribution is -2.32. The van der Waals surface area contributed by atoms with Gasteiger partial charge in [0, 0.05) is 23.7 Å². The fourth-order valence-corrected chi connectivity index (χ4v) is 5.21. The van der Waals surface area contributed by atoms with Gasteiger partial charge in [-0.15, -0.1) is 0 Å². The van der Waals surface area contributed by atoms with Gasteiger partial charge in [0.1, 0.15) is 23.8 Å². The molecule has 214 valence electrons. The van der Waals surface area contributed by atoms with Gasteiger partial charge in [0.2, 0.25) is 0 Å². The first-order chi connectivity index (χ1) is 19.7. The highest BCUT2D eigenvalue weighted by molar-refractivity contribution is 6.39. The maximum Gasteiger partial charge on any atom is 0.337 e. The van der Waals surface area contributed by atoms with Gasteiger partial charge in [0.15, 0.2) is 0 Å². The Balaban J connectivity index is 1.60. The molecule has 0 radical (unpaired) electrons. The Labute approximate surface area is 253 Å². The van der Waals surface area contributed by atoms with Gasteiger partial charge in [-0.05, 0) is 55.0 Å². The molecule has 0 unspecified atom stereocenters. The maximum absolute atomic E-state index is 13.6. The number of aromatic nitrogens is 1. The van der Waals surface area contributed by atoms with Gasteiger partial charge < -0.3 is 18.9 Å². The summed E-state index contributed by atoms with van der Waals surface area (Å²) in [6.45, 7) is 6.48. The van der Waals surface area contributed by atoms with Gasteiger partial charge in [0.25, 0.3) is 5.91 Å². The average Bonchev–Trinajstić information content (AvgIpc) is 3.37. The quantitative estimate of drug-likeness (QED) is 0.166. The van der Waals surface area contributed by atoms with Crippen molar-refractivity contribution in [2.24, 2.45) is 0 Å². The summed E-state index contributed by atoms with van der Waals surface area (Å²) in [5.74, 6) is 0.347. The van der Waals surface area contributed by atoms with E-state index in [2.05, 4.69) is 5.16 Å². The number of benzene rings is 3. The highest BCUT2D eigenvalue weighted by Gasteiger charge is 2.25. The number of hydrogen-bond donors (Lipinski definition) is 0. The molecular weight excluding hydrogens is 587 g/mol. The first-order valence-electron chi connectivity index (χ1n) is 13.0. The number of hydrogen-bond acceptors (Lipinski definition) is 6. The average molecular weight is 616 g/mol. The predicted octanol–water partition coefficient (Wildman–Crippen LogP) is 8.85. The molecule has 3 aromatic carbocycles. The fraction of sp³-hybridized carbons (Fsp3) is 0.258. The van der Waals surface area contributed by atoms with Gasteiger partial charge in [-0.2, -0.15) is 0 Å². The van der Waals surface area contributed by atoms with E-state index in [1.54, 1.807) is 65.6 Å². The summed E-state index contributed by atoms with van der Waals surface area (Å²) in [5, 5.41) is 5.37. The summed E-state index contributed by atoms with van der Waals surface area (Å²) >= 11 is 19.5. The first-order valence-corrected chi connectivity index (χ1v) is 14.1. The Bertz CT molecular complexity index is 1550. The van der Waals surface area contributed by atoms with E-state index in [0.29, 0.717) is 68.2 Å². The molecule has 0 N–H and O–H groups in total. The fourth-order valence-electron chi connectivity index (χ4n) is 4.39. The van der Waals surface area contributed by atoms with E-state index in [1.807, 2.05) is 20.8 Å². The number of nitrogens with zero attached hydrogens (tertiary/aromatic N) is 2. The van der Waals surface area contributed by atoms with Gasteiger partial charge in [-0.25, -0.2) is 4.79 Å². The molecule has 4 rings (SSSR count). The van der Waals surface area contributed by atoms with Crippen molar-refractivity contribution in [2.75, 3.05) is 18.6 Å². The van der Waals surface area contributed by atoms with Crippen molar-refractivity contribution >= 4 is 52.4 Å². The lowest BCUT2D eigenvalue weighted by atomic mass is 10.0. The van der Waals surface area contributed by atoms with E-state index in [9.17, 15) is 9.59 Å². The Morgan fingerprint density at radius 1 is 0.976 bits per heavy atom. The number of anilines is 1. The molecule has 1 aromatic heterocycles. The lowest BCUT2D eigenvalue weighted by Gasteiger charge is -2.23. The second-order valence-corrected chi connectivity index (χ2v) is 10.8. The standard InChI is InChI=1S/C31H29Cl3N2O5/c1-5-14-36(20-9-6-8-19(15-20)31(38)39-4)30(37)22-13-12-21(16-26(22)34)40-17-23-28(35-41-29(23)18(2)3)27-24(32)10-7-11-25(27)33/h6-13,15-16,18H,5,14,17H2,1-4H3. The molecule has 4 aromatic rings. The summed E-state index contributed by atoms with van der Waals surface area (Å²) in [6.07, 6.45) is 0.696. The van der Waals surface area contributed by atoms with Crippen LogP contribution in [0.25, 0.3) is 11.3 Å². The minimum atomic E-state index is -0.483. The molecule has 0 atom stereocenters. The van der Waals surface area contributed by atoms with E-state index in [0.717, 1.165) is 0 Å². The number of esters is 1. The van der Waals surface area contributed by atoms with Gasteiger partial charge in [-0.1, -0.05) is 72.9 Å². The van der Waals surface area contributed by atoms with Crippen molar-refractivity contribution < 1.29 is 23.6 Å². The number of rotatable bonds is 10. The monoisotopic (exact) mass is 614 g/mol. The molecule has 10 heteroatoms. The van der Waals surface area contributed by atoms with Crippen LogP contribution in [-0.4, -0.2) is 30.7 Å². The van der Waals surface area contributed by atoms with Crippen molar-refractivity contribution in [1.82, 2.24) is 5.16 Å². The summed E-state index contributed by atoms with van der Waals surface area (Å²) in [4.78, 5) is 27.2. The zero-order valence-corrected chi connectivity index (χ0v) is 25.3. The van der Waals surface area contributed by atoms with Crippen LogP contribution in [-0.2, 0) is 11.3 Å². The van der Waals surface area contributed by atoms with Crippen molar-refractivity contribution in [3.05, 3.63) is 98.2 Å². The SMILES string of the molecule is CCCN(C(=O)c1ccc(OCc2c(-c3c(Cl)cccc3Cl)noc2C(C)C)cc1Cl)c1cccc(C(=O)OC)c1. The smallest absolute Gasteiger partial charge is 0.337 e. The van der Waals surface area contributed by atoms with Crippen molar-refractivity contribution in [3.8, 4) is 17.0 Å². The third-order valence-electron chi connectivity index (χ3n) is 6.37.